The Morgan fingerprint density at radius 1 is 0.733 bits per heavy atom. The van der Waals surface area contributed by atoms with Crippen LogP contribution < -0.4 is 0 Å². The lowest BCUT2D eigenvalue weighted by atomic mass is 9.85. The van der Waals surface area contributed by atoms with Crippen molar-refractivity contribution < 1.29 is 0 Å². The van der Waals surface area contributed by atoms with E-state index in [-0.39, 0.29) is 0 Å². The molecule has 0 radical (unpaired) electrons. The molecular formula is C15H24. The molecule has 0 aliphatic heterocycles. The Morgan fingerprint density at radius 2 is 1.27 bits per heavy atom. The summed E-state index contributed by atoms with van der Waals surface area (Å²) in [5, 5.41) is 0. The van der Waals surface area contributed by atoms with Crippen molar-refractivity contribution in [3.05, 3.63) is 24.3 Å². The summed E-state index contributed by atoms with van der Waals surface area (Å²) in [6.45, 7) is 0. The van der Waals surface area contributed by atoms with Gasteiger partial charge in [0.25, 0.3) is 0 Å². The molecule has 2 unspecified atom stereocenters. The average Bonchev–Trinajstić information content (AvgIpc) is 2.32. The van der Waals surface area contributed by atoms with E-state index in [9.17, 15) is 0 Å². The highest BCUT2D eigenvalue weighted by Gasteiger charge is 2.12. The van der Waals surface area contributed by atoms with Crippen LogP contribution in [0.15, 0.2) is 24.3 Å². The normalized spacial score (nSPS) is 30.7. The van der Waals surface area contributed by atoms with Gasteiger partial charge in [0.2, 0.25) is 0 Å². The molecule has 0 aromatic rings. The van der Waals surface area contributed by atoms with Crippen LogP contribution in [-0.4, -0.2) is 0 Å². The van der Waals surface area contributed by atoms with Gasteiger partial charge < -0.3 is 0 Å². The van der Waals surface area contributed by atoms with E-state index >= 15 is 0 Å². The molecule has 0 amide bonds. The van der Waals surface area contributed by atoms with Crippen molar-refractivity contribution in [3.8, 4) is 0 Å². The zero-order valence-corrected chi connectivity index (χ0v) is 9.83. The molecule has 0 spiro atoms. The van der Waals surface area contributed by atoms with Gasteiger partial charge in [0.1, 0.15) is 0 Å². The fraction of sp³-hybridized carbons (Fsp3) is 0.733. The van der Waals surface area contributed by atoms with E-state index in [0.717, 1.165) is 11.8 Å². The van der Waals surface area contributed by atoms with Crippen LogP contribution >= 0.6 is 0 Å². The fourth-order valence-electron chi connectivity index (χ4n) is 2.93. The monoisotopic (exact) mass is 204 g/mol. The topological polar surface area (TPSA) is 0 Å². The van der Waals surface area contributed by atoms with Crippen molar-refractivity contribution in [2.24, 2.45) is 11.8 Å². The molecule has 2 rings (SSSR count). The first kappa shape index (κ1) is 11.0. The highest BCUT2D eigenvalue weighted by molar-refractivity contribution is 4.91. The average molecular weight is 204 g/mol. The lowest BCUT2D eigenvalue weighted by molar-refractivity contribution is 0.373. The highest BCUT2D eigenvalue weighted by atomic mass is 14.2. The molecule has 0 saturated heterocycles. The number of allylic oxidation sites excluding steroid dienone is 4. The van der Waals surface area contributed by atoms with Crippen LogP contribution in [0.2, 0.25) is 0 Å². The lowest BCUT2D eigenvalue weighted by Crippen LogP contribution is -2.06. The summed E-state index contributed by atoms with van der Waals surface area (Å²) < 4.78 is 0. The number of rotatable bonds is 4. The van der Waals surface area contributed by atoms with Gasteiger partial charge in [0.15, 0.2) is 0 Å². The zero-order chi connectivity index (χ0) is 10.3. The predicted octanol–water partition coefficient (Wildman–Crippen LogP) is 4.87. The predicted molar refractivity (Wildman–Crippen MR) is 66.8 cm³/mol. The Hall–Kier alpha value is -0.520. The molecule has 2 aliphatic rings. The highest BCUT2D eigenvalue weighted by Crippen LogP contribution is 2.27. The molecule has 0 heterocycles. The Labute approximate surface area is 94.5 Å². The van der Waals surface area contributed by atoms with E-state index < -0.39 is 0 Å². The van der Waals surface area contributed by atoms with E-state index in [0.29, 0.717) is 0 Å². The van der Waals surface area contributed by atoms with Crippen LogP contribution in [0, 0.1) is 11.8 Å². The molecular weight excluding hydrogens is 180 g/mol. The first-order valence-corrected chi connectivity index (χ1v) is 6.75. The van der Waals surface area contributed by atoms with Gasteiger partial charge in [0.05, 0.1) is 0 Å². The first-order chi connectivity index (χ1) is 7.45. The van der Waals surface area contributed by atoms with E-state index in [1.165, 1.54) is 57.8 Å². The van der Waals surface area contributed by atoms with Gasteiger partial charge in [-0.25, -0.2) is 0 Å². The minimum atomic E-state index is 1.01. The first-order valence-electron chi connectivity index (χ1n) is 6.75. The fourth-order valence-corrected chi connectivity index (χ4v) is 2.93. The summed E-state index contributed by atoms with van der Waals surface area (Å²) in [6.07, 6.45) is 22.1. The Kier molecular flexibility index (Phi) is 4.50. The smallest absolute Gasteiger partial charge is 0.0322 e. The summed E-state index contributed by atoms with van der Waals surface area (Å²) in [4.78, 5) is 0. The number of hydrogen-bond acceptors (Lipinski definition) is 0. The Balaban J connectivity index is 1.57. The zero-order valence-electron chi connectivity index (χ0n) is 9.83. The maximum Gasteiger partial charge on any atom is -0.0322 e. The van der Waals surface area contributed by atoms with E-state index in [2.05, 4.69) is 24.3 Å². The summed E-state index contributed by atoms with van der Waals surface area (Å²) in [7, 11) is 0. The molecule has 0 N–H and O–H groups in total. The standard InChI is InChI=1S/C15H24/c1-3-8-14(9-4-1)12-7-13-15-10-5-2-6-11-15/h1-3,5,14-15H,4,6-13H2. The molecule has 0 aromatic carbocycles. The molecule has 2 aliphatic carbocycles. The van der Waals surface area contributed by atoms with Gasteiger partial charge in [-0.2, -0.15) is 0 Å². The Bertz CT molecular complexity index is 200. The summed E-state index contributed by atoms with van der Waals surface area (Å²) in [5.74, 6) is 2.02. The molecule has 0 bridgehead atoms. The second kappa shape index (κ2) is 6.15. The van der Waals surface area contributed by atoms with Gasteiger partial charge in [-0.05, 0) is 50.4 Å². The molecule has 0 nitrogen and oxygen atoms in total. The van der Waals surface area contributed by atoms with Gasteiger partial charge in [-0.3, -0.25) is 0 Å². The van der Waals surface area contributed by atoms with Gasteiger partial charge in [0, 0.05) is 0 Å². The maximum atomic E-state index is 2.39. The SMILES string of the molecule is C1=CCC(CCCC2CC=CCC2)CC1. The second-order valence-corrected chi connectivity index (χ2v) is 5.23. The molecule has 0 saturated carbocycles. The molecule has 2 atom stereocenters. The van der Waals surface area contributed by atoms with Crippen molar-refractivity contribution in [1.29, 1.82) is 0 Å². The molecule has 0 fully saturated rings. The van der Waals surface area contributed by atoms with E-state index in [4.69, 9.17) is 0 Å². The van der Waals surface area contributed by atoms with E-state index in [1.54, 1.807) is 0 Å². The Morgan fingerprint density at radius 3 is 1.67 bits per heavy atom. The van der Waals surface area contributed by atoms with Crippen molar-refractivity contribution >= 4 is 0 Å². The molecule has 0 aromatic heterocycles. The van der Waals surface area contributed by atoms with Crippen molar-refractivity contribution in [3.63, 3.8) is 0 Å². The van der Waals surface area contributed by atoms with Crippen LogP contribution in [0.1, 0.15) is 57.8 Å². The maximum absolute atomic E-state index is 2.39. The largest absolute Gasteiger partial charge is 0.0885 e. The van der Waals surface area contributed by atoms with Crippen LogP contribution in [0.4, 0.5) is 0 Å². The molecule has 84 valence electrons. The van der Waals surface area contributed by atoms with Gasteiger partial charge in [-0.1, -0.05) is 43.6 Å². The molecule has 15 heavy (non-hydrogen) atoms. The third kappa shape index (κ3) is 3.85. The van der Waals surface area contributed by atoms with Gasteiger partial charge >= 0.3 is 0 Å². The second-order valence-electron chi connectivity index (χ2n) is 5.23. The van der Waals surface area contributed by atoms with Crippen molar-refractivity contribution in [2.45, 2.75) is 57.8 Å². The lowest BCUT2D eigenvalue weighted by Gasteiger charge is -2.20. The van der Waals surface area contributed by atoms with Crippen molar-refractivity contribution in [1.82, 2.24) is 0 Å². The minimum absolute atomic E-state index is 1.01. The van der Waals surface area contributed by atoms with Crippen LogP contribution in [0.5, 0.6) is 0 Å². The summed E-state index contributed by atoms with van der Waals surface area (Å²) in [5.41, 5.74) is 0. The number of hydrogen-bond donors (Lipinski definition) is 0. The van der Waals surface area contributed by atoms with E-state index in [1.807, 2.05) is 0 Å². The third-order valence-electron chi connectivity index (χ3n) is 3.98. The quantitative estimate of drug-likeness (QED) is 0.573. The molecule has 0 heteroatoms. The van der Waals surface area contributed by atoms with Crippen LogP contribution in [-0.2, 0) is 0 Å². The van der Waals surface area contributed by atoms with Crippen LogP contribution in [0.3, 0.4) is 0 Å². The third-order valence-corrected chi connectivity index (χ3v) is 3.98. The van der Waals surface area contributed by atoms with Gasteiger partial charge in [-0.15, -0.1) is 0 Å². The minimum Gasteiger partial charge on any atom is -0.0885 e. The van der Waals surface area contributed by atoms with Crippen LogP contribution in [0.25, 0.3) is 0 Å². The summed E-state index contributed by atoms with van der Waals surface area (Å²) in [6, 6.07) is 0. The van der Waals surface area contributed by atoms with Crippen molar-refractivity contribution in [2.75, 3.05) is 0 Å². The summed E-state index contributed by atoms with van der Waals surface area (Å²) >= 11 is 0.